The van der Waals surface area contributed by atoms with Gasteiger partial charge in [-0.2, -0.15) is 0 Å². The highest BCUT2D eigenvalue weighted by atomic mass is 16.3. The summed E-state index contributed by atoms with van der Waals surface area (Å²) in [6, 6.07) is -0.535. The Labute approximate surface area is 400 Å². The van der Waals surface area contributed by atoms with E-state index >= 15 is 0 Å². The van der Waals surface area contributed by atoms with Crippen LogP contribution in [0.4, 0.5) is 0 Å². The summed E-state index contributed by atoms with van der Waals surface area (Å²) in [7, 11) is 0. The minimum absolute atomic E-state index is 0.0276. The second-order valence-electron chi connectivity index (χ2n) is 19.3. The van der Waals surface area contributed by atoms with Crippen molar-refractivity contribution in [1.29, 1.82) is 0 Å². The van der Waals surface area contributed by atoms with E-state index in [-0.39, 0.29) is 12.5 Å². The molecule has 0 aliphatic heterocycles. The number of hydrogen-bond acceptors (Lipinski definition) is 3. The molecular weight excluding hydrogens is 783 g/mol. The van der Waals surface area contributed by atoms with E-state index in [4.69, 9.17) is 0 Å². The van der Waals surface area contributed by atoms with Crippen LogP contribution < -0.4 is 5.32 Å². The Hall–Kier alpha value is -1.91. The number of rotatable bonds is 52. The number of unbranched alkanes of at least 4 members (excludes halogenated alkanes) is 35. The Morgan fingerprint density at radius 1 is 0.391 bits per heavy atom. The highest BCUT2D eigenvalue weighted by molar-refractivity contribution is 5.76. The van der Waals surface area contributed by atoms with Crippen LogP contribution in [0, 0.1) is 0 Å². The normalized spacial score (nSPS) is 13.2. The monoisotopic (exact) mass is 894 g/mol. The lowest BCUT2D eigenvalue weighted by molar-refractivity contribution is -0.123. The van der Waals surface area contributed by atoms with E-state index in [0.717, 1.165) is 57.8 Å². The fraction of sp³-hybridized carbons (Fsp3) is 0.817. The Bertz CT molecular complexity index is 1060. The lowest BCUT2D eigenvalue weighted by Gasteiger charge is -2.22. The van der Waals surface area contributed by atoms with Gasteiger partial charge in [-0.25, -0.2) is 0 Å². The maximum atomic E-state index is 12.5. The third-order valence-electron chi connectivity index (χ3n) is 13.0. The van der Waals surface area contributed by atoms with Crippen molar-refractivity contribution < 1.29 is 15.0 Å². The molecule has 0 rings (SSSR count). The van der Waals surface area contributed by atoms with Crippen LogP contribution in [0.3, 0.4) is 0 Å². The van der Waals surface area contributed by atoms with Gasteiger partial charge in [0.1, 0.15) is 0 Å². The molecular formula is C60H111NO3. The first-order valence-corrected chi connectivity index (χ1v) is 28.5. The van der Waals surface area contributed by atoms with E-state index in [0.29, 0.717) is 12.8 Å². The maximum Gasteiger partial charge on any atom is 0.220 e. The fourth-order valence-electron chi connectivity index (χ4n) is 8.74. The number of nitrogens with one attached hydrogen (secondary N) is 1. The van der Waals surface area contributed by atoms with Gasteiger partial charge in [-0.05, 0) is 57.8 Å². The number of hydrogen-bond donors (Lipinski definition) is 3. The first-order valence-electron chi connectivity index (χ1n) is 28.5. The molecule has 0 aromatic heterocycles. The first-order chi connectivity index (χ1) is 31.7. The SMILES string of the molecule is CC/C=C\C/C=C\C/C=C\C/C=C\C/C=C\CCCCCCCCCCCCCCCCCCCCCCCC(=O)NC(CO)C(O)CCCCCCCCCCCCCCCCC. The van der Waals surface area contributed by atoms with Crippen LogP contribution in [0.25, 0.3) is 0 Å². The quantitative estimate of drug-likeness (QED) is 0.0421. The Morgan fingerprint density at radius 3 is 1.03 bits per heavy atom. The van der Waals surface area contributed by atoms with E-state index in [1.54, 1.807) is 0 Å². The summed E-state index contributed by atoms with van der Waals surface area (Å²) in [5.41, 5.74) is 0. The number of aliphatic hydroxyl groups excluding tert-OH is 2. The topological polar surface area (TPSA) is 69.6 Å². The molecule has 0 aromatic carbocycles. The van der Waals surface area contributed by atoms with Crippen LogP contribution in [0.2, 0.25) is 0 Å². The van der Waals surface area contributed by atoms with Gasteiger partial charge in [-0.3, -0.25) is 4.79 Å². The van der Waals surface area contributed by atoms with E-state index in [9.17, 15) is 15.0 Å². The van der Waals surface area contributed by atoms with E-state index < -0.39 is 12.1 Å². The molecule has 0 spiro atoms. The van der Waals surface area contributed by atoms with Crippen LogP contribution in [0.1, 0.15) is 296 Å². The van der Waals surface area contributed by atoms with Crippen molar-refractivity contribution in [3.8, 4) is 0 Å². The maximum absolute atomic E-state index is 12.5. The van der Waals surface area contributed by atoms with Crippen molar-refractivity contribution in [3.05, 3.63) is 60.8 Å². The lowest BCUT2D eigenvalue weighted by atomic mass is 10.0. The van der Waals surface area contributed by atoms with Gasteiger partial charge in [0.05, 0.1) is 18.8 Å². The van der Waals surface area contributed by atoms with Crippen LogP contribution >= 0.6 is 0 Å². The third-order valence-corrected chi connectivity index (χ3v) is 13.0. The van der Waals surface area contributed by atoms with Crippen molar-refractivity contribution in [2.24, 2.45) is 0 Å². The van der Waals surface area contributed by atoms with Crippen LogP contribution in [0.5, 0.6) is 0 Å². The highest BCUT2D eigenvalue weighted by Gasteiger charge is 2.20. The highest BCUT2D eigenvalue weighted by Crippen LogP contribution is 2.17. The smallest absolute Gasteiger partial charge is 0.220 e. The average molecular weight is 895 g/mol. The summed E-state index contributed by atoms with van der Waals surface area (Å²) < 4.78 is 0. The zero-order chi connectivity index (χ0) is 46.3. The Balaban J connectivity index is 3.41. The molecule has 4 heteroatoms. The standard InChI is InChI=1S/C60H111NO3/c1-3-5-7-9-11-13-15-17-19-20-21-22-23-24-25-26-27-28-29-30-31-32-33-34-35-36-37-38-39-40-42-44-46-48-50-52-54-56-60(64)61-58(57-62)59(63)55-53-51-49-47-45-43-41-18-16-14-12-10-8-6-4-2/h5,7,11,13,17,19,21-22,24-25,58-59,62-63H,3-4,6,8-10,12,14-16,18,20,23,26-57H2,1-2H3,(H,61,64)/b7-5-,13-11-,19-17-,22-21-,25-24-. The van der Waals surface area contributed by atoms with Gasteiger partial charge in [-0.1, -0.05) is 293 Å². The summed E-state index contributed by atoms with van der Waals surface area (Å²) in [6.45, 7) is 4.26. The summed E-state index contributed by atoms with van der Waals surface area (Å²) in [5, 5.41) is 23.3. The van der Waals surface area contributed by atoms with E-state index in [1.165, 1.54) is 212 Å². The van der Waals surface area contributed by atoms with Crippen molar-refractivity contribution in [1.82, 2.24) is 5.32 Å². The van der Waals surface area contributed by atoms with Gasteiger partial charge in [0, 0.05) is 6.42 Å². The van der Waals surface area contributed by atoms with Crippen LogP contribution in [-0.4, -0.2) is 34.9 Å². The van der Waals surface area contributed by atoms with Crippen LogP contribution in [-0.2, 0) is 4.79 Å². The molecule has 374 valence electrons. The number of amides is 1. The molecule has 0 aliphatic carbocycles. The predicted molar refractivity (Wildman–Crippen MR) is 285 cm³/mol. The molecule has 0 bridgehead atoms. The second-order valence-corrected chi connectivity index (χ2v) is 19.3. The molecule has 0 heterocycles. The lowest BCUT2D eigenvalue weighted by Crippen LogP contribution is -2.45. The molecule has 2 unspecified atom stereocenters. The first kappa shape index (κ1) is 62.1. The average Bonchev–Trinajstić information content (AvgIpc) is 3.30. The predicted octanol–water partition coefficient (Wildman–Crippen LogP) is 18.8. The molecule has 2 atom stereocenters. The Kier molecular flexibility index (Phi) is 53.8. The van der Waals surface area contributed by atoms with Gasteiger partial charge in [-0.15, -0.1) is 0 Å². The van der Waals surface area contributed by atoms with Gasteiger partial charge in [0.15, 0.2) is 0 Å². The van der Waals surface area contributed by atoms with Crippen molar-refractivity contribution in [2.75, 3.05) is 6.61 Å². The second kappa shape index (κ2) is 55.4. The van der Waals surface area contributed by atoms with Crippen molar-refractivity contribution in [3.63, 3.8) is 0 Å². The molecule has 3 N–H and O–H groups in total. The largest absolute Gasteiger partial charge is 0.394 e. The number of carbonyl (C=O) groups is 1. The van der Waals surface area contributed by atoms with Gasteiger partial charge >= 0.3 is 0 Å². The molecule has 0 aliphatic rings. The van der Waals surface area contributed by atoms with E-state index in [2.05, 4.69) is 79.9 Å². The van der Waals surface area contributed by atoms with Gasteiger partial charge < -0.3 is 15.5 Å². The Morgan fingerprint density at radius 2 is 0.688 bits per heavy atom. The molecule has 0 saturated carbocycles. The number of carbonyl (C=O) groups excluding carboxylic acids is 1. The van der Waals surface area contributed by atoms with E-state index in [1.807, 2.05) is 0 Å². The minimum atomic E-state index is -0.658. The summed E-state index contributed by atoms with van der Waals surface area (Å²) in [5.74, 6) is -0.0276. The third kappa shape index (κ3) is 51.1. The summed E-state index contributed by atoms with van der Waals surface area (Å²) in [6.07, 6.45) is 77.9. The fourth-order valence-corrected chi connectivity index (χ4v) is 8.74. The molecule has 0 saturated heterocycles. The molecule has 1 amide bonds. The summed E-state index contributed by atoms with van der Waals surface area (Å²) >= 11 is 0. The molecule has 0 radical (unpaired) electrons. The number of aliphatic hydroxyl groups is 2. The zero-order valence-corrected chi connectivity index (χ0v) is 43.1. The van der Waals surface area contributed by atoms with Crippen molar-refractivity contribution >= 4 is 5.91 Å². The molecule has 0 aromatic rings. The molecule has 64 heavy (non-hydrogen) atoms. The zero-order valence-electron chi connectivity index (χ0n) is 43.1. The van der Waals surface area contributed by atoms with Gasteiger partial charge in [0.25, 0.3) is 0 Å². The van der Waals surface area contributed by atoms with Gasteiger partial charge in [0.2, 0.25) is 5.91 Å². The summed E-state index contributed by atoms with van der Waals surface area (Å²) in [4.78, 5) is 12.5. The minimum Gasteiger partial charge on any atom is -0.394 e. The molecule has 4 nitrogen and oxygen atoms in total. The molecule has 0 fully saturated rings. The van der Waals surface area contributed by atoms with Crippen molar-refractivity contribution in [2.45, 2.75) is 309 Å². The van der Waals surface area contributed by atoms with Crippen LogP contribution in [0.15, 0.2) is 60.8 Å². The number of allylic oxidation sites excluding steroid dienone is 10.